The number of nitrogens with one attached hydrogen (secondary N) is 2. The van der Waals surface area contributed by atoms with Crippen LogP contribution in [0.25, 0.3) is 12.2 Å². The van der Waals surface area contributed by atoms with Gasteiger partial charge in [0.05, 0.1) is 0 Å². The van der Waals surface area contributed by atoms with Crippen LogP contribution in [0.15, 0.2) is 53.0 Å². The fraction of sp³-hybridized carbons (Fsp3) is 0.360. The topological polar surface area (TPSA) is 74.6 Å². The molecule has 31 heavy (non-hydrogen) atoms. The van der Waals surface area contributed by atoms with Crippen LogP contribution < -0.4 is 10.6 Å². The molecule has 1 aromatic heterocycles. The molecular formula is C25H29N3O3. The van der Waals surface area contributed by atoms with Gasteiger partial charge in [0.25, 0.3) is 5.91 Å². The number of allylic oxidation sites excluding steroid dienone is 2. The number of amides is 3. The first kappa shape index (κ1) is 21.0. The van der Waals surface area contributed by atoms with E-state index in [1.807, 2.05) is 73.4 Å². The summed E-state index contributed by atoms with van der Waals surface area (Å²) in [5.41, 5.74) is 1.72. The summed E-state index contributed by atoms with van der Waals surface area (Å²) in [6.07, 6.45) is 8.54. The fourth-order valence-corrected chi connectivity index (χ4v) is 4.53. The van der Waals surface area contributed by atoms with Crippen molar-refractivity contribution in [2.75, 3.05) is 25.0 Å². The van der Waals surface area contributed by atoms with Crippen molar-refractivity contribution in [2.45, 2.75) is 20.3 Å². The summed E-state index contributed by atoms with van der Waals surface area (Å²) in [4.78, 5) is 26.8. The lowest BCUT2D eigenvalue weighted by Gasteiger charge is -2.20. The first-order valence-electron chi connectivity index (χ1n) is 10.9. The molecule has 162 valence electrons. The molecule has 0 radical (unpaired) electrons. The second-order valence-corrected chi connectivity index (χ2v) is 8.17. The van der Waals surface area contributed by atoms with Crippen LogP contribution in [0.2, 0.25) is 0 Å². The van der Waals surface area contributed by atoms with Crippen molar-refractivity contribution in [3.05, 3.63) is 65.6 Å². The summed E-state index contributed by atoms with van der Waals surface area (Å²) >= 11 is 0. The van der Waals surface area contributed by atoms with Crippen molar-refractivity contribution in [2.24, 2.45) is 17.8 Å². The van der Waals surface area contributed by atoms with E-state index < -0.39 is 0 Å². The highest BCUT2D eigenvalue weighted by Gasteiger charge is 2.55. The largest absolute Gasteiger partial charge is 0.451 e. The second-order valence-electron chi connectivity index (χ2n) is 8.17. The minimum absolute atomic E-state index is 0.0304. The summed E-state index contributed by atoms with van der Waals surface area (Å²) in [5.74, 6) is 2.51. The first-order chi connectivity index (χ1) is 15.1. The fourth-order valence-electron chi connectivity index (χ4n) is 4.53. The van der Waals surface area contributed by atoms with E-state index in [0.717, 1.165) is 30.8 Å². The van der Waals surface area contributed by atoms with E-state index in [2.05, 4.69) is 10.6 Å². The number of furan rings is 1. The van der Waals surface area contributed by atoms with E-state index in [9.17, 15) is 9.59 Å². The SMILES string of the molecule is C/C=C\c1cc(C(=O)NCCC2[C@H]3CN(C(=O)Nc4ccccc4)C[C@@H]23)oc1/C=C/C. The number of nitrogens with zero attached hydrogens (tertiary/aromatic N) is 1. The summed E-state index contributed by atoms with van der Waals surface area (Å²) in [5, 5.41) is 5.93. The van der Waals surface area contributed by atoms with E-state index >= 15 is 0 Å². The molecule has 0 bridgehead atoms. The molecule has 3 atom stereocenters. The summed E-state index contributed by atoms with van der Waals surface area (Å²) < 4.78 is 5.71. The number of hydrogen-bond acceptors (Lipinski definition) is 3. The molecule has 1 unspecified atom stereocenters. The Bertz CT molecular complexity index is 951. The van der Waals surface area contributed by atoms with Gasteiger partial charge in [-0.05, 0) is 62.3 Å². The van der Waals surface area contributed by atoms with Gasteiger partial charge in [0.15, 0.2) is 5.76 Å². The van der Waals surface area contributed by atoms with Crippen LogP contribution in [-0.2, 0) is 0 Å². The number of urea groups is 1. The van der Waals surface area contributed by atoms with Crippen LogP contribution in [0.5, 0.6) is 0 Å². The predicted molar refractivity (Wildman–Crippen MR) is 123 cm³/mol. The lowest BCUT2D eigenvalue weighted by atomic mass is 10.2. The van der Waals surface area contributed by atoms with E-state index in [-0.39, 0.29) is 11.9 Å². The molecule has 1 saturated carbocycles. The molecule has 2 heterocycles. The van der Waals surface area contributed by atoms with Crippen molar-refractivity contribution < 1.29 is 14.0 Å². The smallest absolute Gasteiger partial charge is 0.321 e. The van der Waals surface area contributed by atoms with Crippen molar-refractivity contribution >= 4 is 29.8 Å². The van der Waals surface area contributed by atoms with Crippen molar-refractivity contribution in [3.63, 3.8) is 0 Å². The lowest BCUT2D eigenvalue weighted by molar-refractivity contribution is 0.0924. The van der Waals surface area contributed by atoms with Gasteiger partial charge in [0.1, 0.15) is 5.76 Å². The predicted octanol–water partition coefficient (Wildman–Crippen LogP) is 4.88. The first-order valence-corrected chi connectivity index (χ1v) is 10.9. The molecule has 1 aliphatic carbocycles. The number of fused-ring (bicyclic) bond motifs is 1. The highest BCUT2D eigenvalue weighted by Crippen LogP contribution is 2.53. The van der Waals surface area contributed by atoms with E-state index in [0.29, 0.717) is 35.8 Å². The van der Waals surface area contributed by atoms with Crippen LogP contribution in [0.4, 0.5) is 10.5 Å². The average Bonchev–Trinajstić information content (AvgIpc) is 3.09. The number of carbonyl (C=O) groups is 2. The number of likely N-dealkylation sites (tertiary alicyclic amines) is 1. The molecular weight excluding hydrogens is 390 g/mol. The highest BCUT2D eigenvalue weighted by atomic mass is 16.3. The number of rotatable bonds is 7. The van der Waals surface area contributed by atoms with Gasteiger partial charge in [-0.3, -0.25) is 4.79 Å². The molecule has 1 aromatic carbocycles. The van der Waals surface area contributed by atoms with Gasteiger partial charge in [-0.1, -0.05) is 36.4 Å². The van der Waals surface area contributed by atoms with Crippen LogP contribution in [-0.4, -0.2) is 36.5 Å². The molecule has 2 fully saturated rings. The second kappa shape index (κ2) is 9.25. The van der Waals surface area contributed by atoms with Crippen LogP contribution >= 0.6 is 0 Å². The van der Waals surface area contributed by atoms with Gasteiger partial charge in [-0.2, -0.15) is 0 Å². The number of benzene rings is 1. The van der Waals surface area contributed by atoms with Gasteiger partial charge in [-0.15, -0.1) is 0 Å². The Labute approximate surface area is 183 Å². The maximum Gasteiger partial charge on any atom is 0.321 e. The van der Waals surface area contributed by atoms with Crippen molar-refractivity contribution in [3.8, 4) is 0 Å². The Morgan fingerprint density at radius 1 is 1.10 bits per heavy atom. The normalized spacial score (nSPS) is 22.1. The third-order valence-electron chi connectivity index (χ3n) is 6.13. The number of hydrogen-bond donors (Lipinski definition) is 2. The highest BCUT2D eigenvalue weighted by molar-refractivity contribution is 5.92. The summed E-state index contributed by atoms with van der Waals surface area (Å²) in [6, 6.07) is 11.3. The summed E-state index contributed by atoms with van der Waals surface area (Å²) in [6.45, 7) is 6.05. The van der Waals surface area contributed by atoms with E-state index in [1.165, 1.54) is 0 Å². The molecule has 2 aliphatic rings. The zero-order chi connectivity index (χ0) is 21.8. The zero-order valence-corrected chi connectivity index (χ0v) is 18.0. The lowest BCUT2D eigenvalue weighted by Crippen LogP contribution is -2.35. The molecule has 6 nitrogen and oxygen atoms in total. The molecule has 2 N–H and O–H groups in total. The molecule has 4 rings (SSSR count). The molecule has 6 heteroatoms. The van der Waals surface area contributed by atoms with Crippen LogP contribution in [0, 0.1) is 17.8 Å². The van der Waals surface area contributed by atoms with Gasteiger partial charge in [0.2, 0.25) is 0 Å². The Hall–Kier alpha value is -3.28. The van der Waals surface area contributed by atoms with Crippen molar-refractivity contribution in [1.29, 1.82) is 0 Å². The quantitative estimate of drug-likeness (QED) is 0.672. The minimum Gasteiger partial charge on any atom is -0.451 e. The molecule has 2 aromatic rings. The number of para-hydroxylation sites is 1. The Morgan fingerprint density at radius 3 is 2.48 bits per heavy atom. The average molecular weight is 420 g/mol. The number of anilines is 1. The minimum atomic E-state index is -0.184. The third kappa shape index (κ3) is 4.74. The van der Waals surface area contributed by atoms with Crippen molar-refractivity contribution in [1.82, 2.24) is 10.2 Å². The molecule has 3 amide bonds. The third-order valence-corrected chi connectivity index (χ3v) is 6.13. The Kier molecular flexibility index (Phi) is 6.26. The van der Waals surface area contributed by atoms with Gasteiger partial charge >= 0.3 is 6.03 Å². The van der Waals surface area contributed by atoms with E-state index in [1.54, 1.807) is 6.07 Å². The Morgan fingerprint density at radius 2 is 1.81 bits per heavy atom. The van der Waals surface area contributed by atoms with Gasteiger partial charge in [-0.25, -0.2) is 4.79 Å². The van der Waals surface area contributed by atoms with E-state index in [4.69, 9.17) is 4.42 Å². The molecule has 1 aliphatic heterocycles. The monoisotopic (exact) mass is 419 g/mol. The standard InChI is InChI=1S/C25H29N3O3/c1-3-8-17-14-23(31-22(17)9-4-2)24(29)26-13-12-19-20-15-28(16-21(19)20)25(30)27-18-10-6-5-7-11-18/h3-11,14,19-21H,12-13,15-16H2,1-2H3,(H,26,29)(H,27,30)/b8-3-,9-4+/t19?,20-,21+. The van der Waals surface area contributed by atoms with Crippen LogP contribution in [0.3, 0.4) is 0 Å². The molecule has 0 spiro atoms. The zero-order valence-electron chi connectivity index (χ0n) is 18.0. The summed E-state index contributed by atoms with van der Waals surface area (Å²) in [7, 11) is 0. The van der Waals surface area contributed by atoms with Crippen LogP contribution in [0.1, 0.15) is 42.1 Å². The maximum atomic E-state index is 12.5. The number of piperidine rings is 1. The molecule has 1 saturated heterocycles. The maximum absolute atomic E-state index is 12.5. The Balaban J connectivity index is 1.21. The number of carbonyl (C=O) groups excluding carboxylic acids is 2. The van der Waals surface area contributed by atoms with Gasteiger partial charge in [0, 0.05) is 30.9 Å². The van der Waals surface area contributed by atoms with Gasteiger partial charge < -0.3 is 20.0 Å².